The molecule has 0 aromatic carbocycles. The van der Waals surface area contributed by atoms with Crippen molar-refractivity contribution in [1.29, 1.82) is 0 Å². The summed E-state index contributed by atoms with van der Waals surface area (Å²) in [5, 5.41) is 7.80. The number of hydrogen-bond donors (Lipinski definition) is 2. The Bertz CT molecular complexity index is 287. The van der Waals surface area contributed by atoms with Crippen molar-refractivity contribution in [3.63, 3.8) is 0 Å². The number of nitrogens with two attached hydrogens (primary N) is 2. The van der Waals surface area contributed by atoms with Crippen LogP contribution in [0.15, 0.2) is 6.20 Å². The van der Waals surface area contributed by atoms with Crippen molar-refractivity contribution in [1.82, 2.24) is 15.0 Å². The molecule has 1 fully saturated rings. The molecule has 2 rings (SSSR count). The molecule has 1 aliphatic carbocycles. The highest BCUT2D eigenvalue weighted by Crippen LogP contribution is 2.30. The second-order valence-electron chi connectivity index (χ2n) is 4.03. The summed E-state index contributed by atoms with van der Waals surface area (Å²) in [4.78, 5) is 0. The SMILES string of the molecule is NCC1CCC(n2cc(N)nn2)CC1. The van der Waals surface area contributed by atoms with Crippen molar-refractivity contribution in [2.75, 3.05) is 12.3 Å². The Morgan fingerprint density at radius 1 is 1.36 bits per heavy atom. The molecule has 1 aliphatic rings. The molecule has 0 saturated heterocycles. The predicted molar refractivity (Wildman–Crippen MR) is 54.5 cm³/mol. The van der Waals surface area contributed by atoms with Crippen LogP contribution in [0.25, 0.3) is 0 Å². The molecule has 5 nitrogen and oxygen atoms in total. The van der Waals surface area contributed by atoms with Gasteiger partial charge in [0.15, 0.2) is 5.82 Å². The monoisotopic (exact) mass is 195 g/mol. The van der Waals surface area contributed by atoms with Crippen molar-refractivity contribution in [3.05, 3.63) is 6.20 Å². The number of aromatic nitrogens is 3. The van der Waals surface area contributed by atoms with Crippen molar-refractivity contribution in [2.45, 2.75) is 31.7 Å². The first-order valence-corrected chi connectivity index (χ1v) is 5.17. The lowest BCUT2D eigenvalue weighted by molar-refractivity contribution is 0.262. The van der Waals surface area contributed by atoms with E-state index in [1.807, 2.05) is 10.9 Å². The van der Waals surface area contributed by atoms with Crippen LogP contribution < -0.4 is 11.5 Å². The van der Waals surface area contributed by atoms with E-state index in [0.29, 0.717) is 17.8 Å². The Hall–Kier alpha value is -1.10. The van der Waals surface area contributed by atoms with E-state index in [2.05, 4.69) is 10.3 Å². The van der Waals surface area contributed by atoms with Gasteiger partial charge in [-0.05, 0) is 38.1 Å². The lowest BCUT2D eigenvalue weighted by Gasteiger charge is -2.27. The highest BCUT2D eigenvalue weighted by atomic mass is 15.4. The highest BCUT2D eigenvalue weighted by molar-refractivity contribution is 5.20. The van der Waals surface area contributed by atoms with Crippen molar-refractivity contribution in [3.8, 4) is 0 Å². The van der Waals surface area contributed by atoms with Gasteiger partial charge in [-0.2, -0.15) is 0 Å². The smallest absolute Gasteiger partial charge is 0.165 e. The van der Waals surface area contributed by atoms with E-state index in [-0.39, 0.29) is 0 Å². The first kappa shape index (κ1) is 9.45. The highest BCUT2D eigenvalue weighted by Gasteiger charge is 2.21. The maximum Gasteiger partial charge on any atom is 0.165 e. The summed E-state index contributed by atoms with van der Waals surface area (Å²) in [6.45, 7) is 0.812. The molecule has 0 amide bonds. The van der Waals surface area contributed by atoms with Crippen LogP contribution in [0.5, 0.6) is 0 Å². The van der Waals surface area contributed by atoms with Gasteiger partial charge < -0.3 is 11.5 Å². The van der Waals surface area contributed by atoms with E-state index in [0.717, 1.165) is 19.4 Å². The zero-order valence-corrected chi connectivity index (χ0v) is 8.26. The third-order valence-electron chi connectivity index (χ3n) is 3.05. The number of rotatable bonds is 2. The van der Waals surface area contributed by atoms with E-state index >= 15 is 0 Å². The molecule has 0 aliphatic heterocycles. The Morgan fingerprint density at radius 2 is 2.07 bits per heavy atom. The minimum atomic E-state index is 0.475. The van der Waals surface area contributed by atoms with Gasteiger partial charge >= 0.3 is 0 Å². The number of anilines is 1. The minimum Gasteiger partial charge on any atom is -0.381 e. The average molecular weight is 195 g/mol. The average Bonchev–Trinajstić information content (AvgIpc) is 2.65. The second kappa shape index (κ2) is 3.96. The Morgan fingerprint density at radius 3 is 2.57 bits per heavy atom. The molecular formula is C9H17N5. The largest absolute Gasteiger partial charge is 0.381 e. The van der Waals surface area contributed by atoms with Crippen LogP contribution in [-0.4, -0.2) is 21.5 Å². The van der Waals surface area contributed by atoms with Gasteiger partial charge in [0.1, 0.15) is 0 Å². The molecule has 0 spiro atoms. The van der Waals surface area contributed by atoms with Crippen molar-refractivity contribution < 1.29 is 0 Å². The standard InChI is InChI=1S/C9H17N5/c10-5-7-1-3-8(4-2-7)14-6-9(11)12-13-14/h6-8H,1-5,10-11H2. The van der Waals surface area contributed by atoms with Crippen LogP contribution in [0.3, 0.4) is 0 Å². The Balaban J connectivity index is 1.95. The van der Waals surface area contributed by atoms with Gasteiger partial charge in [-0.1, -0.05) is 5.21 Å². The van der Waals surface area contributed by atoms with E-state index in [4.69, 9.17) is 11.5 Å². The maximum absolute atomic E-state index is 5.64. The third kappa shape index (κ3) is 1.87. The van der Waals surface area contributed by atoms with E-state index in [9.17, 15) is 0 Å². The topological polar surface area (TPSA) is 82.8 Å². The molecule has 4 N–H and O–H groups in total. The van der Waals surface area contributed by atoms with E-state index < -0.39 is 0 Å². The molecule has 0 bridgehead atoms. The summed E-state index contributed by atoms with van der Waals surface area (Å²) in [6, 6.07) is 0.475. The quantitative estimate of drug-likeness (QED) is 0.722. The fraction of sp³-hybridized carbons (Fsp3) is 0.778. The molecule has 1 heterocycles. The molecule has 0 atom stereocenters. The van der Waals surface area contributed by atoms with E-state index in [1.165, 1.54) is 12.8 Å². The Labute approximate surface area is 83.5 Å². The van der Waals surface area contributed by atoms with Crippen LogP contribution in [0.2, 0.25) is 0 Å². The van der Waals surface area contributed by atoms with Crippen LogP contribution in [0.1, 0.15) is 31.7 Å². The molecule has 0 radical (unpaired) electrons. The Kier molecular flexibility index (Phi) is 2.67. The first-order chi connectivity index (χ1) is 6.79. The van der Waals surface area contributed by atoms with Gasteiger partial charge in [0.05, 0.1) is 12.2 Å². The van der Waals surface area contributed by atoms with Crippen LogP contribution in [0, 0.1) is 5.92 Å². The zero-order chi connectivity index (χ0) is 9.97. The summed E-state index contributed by atoms with van der Waals surface area (Å²) >= 11 is 0. The summed E-state index contributed by atoms with van der Waals surface area (Å²) < 4.78 is 1.89. The number of nitrogens with zero attached hydrogens (tertiary/aromatic N) is 3. The fourth-order valence-electron chi connectivity index (χ4n) is 2.11. The lowest BCUT2D eigenvalue weighted by Crippen LogP contribution is -2.23. The zero-order valence-electron chi connectivity index (χ0n) is 8.26. The summed E-state index contributed by atoms with van der Waals surface area (Å²) in [7, 11) is 0. The van der Waals surface area contributed by atoms with Crippen LogP contribution >= 0.6 is 0 Å². The van der Waals surface area contributed by atoms with Gasteiger partial charge in [0, 0.05) is 0 Å². The summed E-state index contributed by atoms with van der Waals surface area (Å²) in [5.41, 5.74) is 11.2. The molecule has 1 aromatic heterocycles. The summed E-state index contributed by atoms with van der Waals surface area (Å²) in [5.74, 6) is 1.21. The van der Waals surface area contributed by atoms with Gasteiger partial charge in [-0.3, -0.25) is 0 Å². The van der Waals surface area contributed by atoms with Crippen molar-refractivity contribution in [2.24, 2.45) is 11.7 Å². The number of nitrogen functional groups attached to an aromatic ring is 1. The molecule has 1 saturated carbocycles. The fourth-order valence-corrected chi connectivity index (χ4v) is 2.11. The van der Waals surface area contributed by atoms with Gasteiger partial charge in [0.2, 0.25) is 0 Å². The molecule has 5 heteroatoms. The van der Waals surface area contributed by atoms with E-state index in [1.54, 1.807) is 0 Å². The van der Waals surface area contributed by atoms with Crippen LogP contribution in [-0.2, 0) is 0 Å². The summed E-state index contributed by atoms with van der Waals surface area (Å²) in [6.07, 6.45) is 6.49. The maximum atomic E-state index is 5.64. The van der Waals surface area contributed by atoms with Gasteiger partial charge in [0.25, 0.3) is 0 Å². The van der Waals surface area contributed by atoms with Gasteiger partial charge in [-0.15, -0.1) is 5.10 Å². The minimum absolute atomic E-state index is 0.475. The normalized spacial score (nSPS) is 27.8. The lowest BCUT2D eigenvalue weighted by atomic mass is 9.86. The third-order valence-corrected chi connectivity index (χ3v) is 3.05. The molecule has 78 valence electrons. The molecule has 14 heavy (non-hydrogen) atoms. The molecule has 0 unspecified atom stereocenters. The van der Waals surface area contributed by atoms with Crippen molar-refractivity contribution >= 4 is 5.82 Å². The van der Waals surface area contributed by atoms with Gasteiger partial charge in [-0.25, -0.2) is 4.68 Å². The predicted octanol–water partition coefficient (Wildman–Crippen LogP) is 0.550. The first-order valence-electron chi connectivity index (χ1n) is 5.17. The molecular weight excluding hydrogens is 178 g/mol. The number of hydrogen-bond acceptors (Lipinski definition) is 4. The molecule has 1 aromatic rings. The van der Waals surface area contributed by atoms with Crippen LogP contribution in [0.4, 0.5) is 5.82 Å². The second-order valence-corrected chi connectivity index (χ2v) is 4.03.